The Morgan fingerprint density at radius 1 is 0.966 bits per heavy atom. The number of rotatable bonds is 10. The van der Waals surface area contributed by atoms with Crippen LogP contribution in [0, 0.1) is 5.92 Å². The Hall–Kier alpha value is -2.24. The normalized spacial score (nSPS) is 19.3. The Morgan fingerprint density at radius 3 is 2.34 bits per heavy atom. The third kappa shape index (κ3) is 5.22. The maximum absolute atomic E-state index is 6.04. The second-order valence-corrected chi connectivity index (χ2v) is 8.12. The van der Waals surface area contributed by atoms with Gasteiger partial charge in [0.25, 0.3) is 0 Å². The second kappa shape index (κ2) is 9.51. The van der Waals surface area contributed by atoms with E-state index in [1.165, 1.54) is 32.4 Å². The van der Waals surface area contributed by atoms with E-state index in [0.29, 0.717) is 23.9 Å². The molecule has 1 saturated carbocycles. The van der Waals surface area contributed by atoms with Crippen molar-refractivity contribution in [2.75, 3.05) is 33.9 Å². The highest BCUT2D eigenvalue weighted by molar-refractivity contribution is 5.54. The van der Waals surface area contributed by atoms with E-state index in [1.807, 2.05) is 42.5 Å². The molecular formula is C24H32N2O3. The fraction of sp³-hybridized carbons (Fsp3) is 0.500. The lowest BCUT2D eigenvalue weighted by Gasteiger charge is -2.17. The van der Waals surface area contributed by atoms with Crippen LogP contribution in [0.2, 0.25) is 0 Å². The standard InChI is InChI=1S/C24H32N2O3/c1-27-22-12-20(15-25-14-19-10-11-26(16-19)21-8-9-21)13-23(28-2)24(22)29-17-18-6-4-3-5-7-18/h3-7,12-13,19,21,25H,8-11,14-17H2,1-2H3. The third-order valence-electron chi connectivity index (χ3n) is 5.89. The summed E-state index contributed by atoms with van der Waals surface area (Å²) in [6, 6.07) is 15.1. The van der Waals surface area contributed by atoms with Crippen LogP contribution < -0.4 is 19.5 Å². The van der Waals surface area contributed by atoms with E-state index in [9.17, 15) is 0 Å². The lowest BCUT2D eigenvalue weighted by atomic mass is 10.1. The average molecular weight is 397 g/mol. The smallest absolute Gasteiger partial charge is 0.203 e. The maximum Gasteiger partial charge on any atom is 0.203 e. The SMILES string of the molecule is COc1cc(CNCC2CCN(C3CC3)C2)cc(OC)c1OCc1ccccc1. The number of benzene rings is 2. The van der Waals surface area contributed by atoms with Gasteiger partial charge in [-0.25, -0.2) is 0 Å². The molecule has 0 radical (unpaired) electrons. The molecule has 1 saturated heterocycles. The molecule has 29 heavy (non-hydrogen) atoms. The van der Waals surface area contributed by atoms with Gasteiger partial charge in [-0.05, 0) is 61.5 Å². The maximum atomic E-state index is 6.04. The van der Waals surface area contributed by atoms with Gasteiger partial charge in [-0.1, -0.05) is 30.3 Å². The molecule has 5 nitrogen and oxygen atoms in total. The summed E-state index contributed by atoms with van der Waals surface area (Å²) in [5, 5.41) is 3.62. The molecule has 1 atom stereocenters. The molecule has 4 rings (SSSR count). The lowest BCUT2D eigenvalue weighted by Crippen LogP contribution is -2.27. The van der Waals surface area contributed by atoms with Crippen LogP contribution in [0.1, 0.15) is 30.4 Å². The van der Waals surface area contributed by atoms with Crippen molar-refractivity contribution in [1.82, 2.24) is 10.2 Å². The molecule has 1 N–H and O–H groups in total. The first-order valence-electron chi connectivity index (χ1n) is 10.6. The molecule has 1 unspecified atom stereocenters. The monoisotopic (exact) mass is 396 g/mol. The highest BCUT2D eigenvalue weighted by Crippen LogP contribution is 2.39. The van der Waals surface area contributed by atoms with Gasteiger partial charge in [0.15, 0.2) is 11.5 Å². The summed E-state index contributed by atoms with van der Waals surface area (Å²) in [6.45, 7) is 4.85. The minimum Gasteiger partial charge on any atom is -0.493 e. The molecule has 156 valence electrons. The third-order valence-corrected chi connectivity index (χ3v) is 5.89. The molecule has 1 heterocycles. The minimum atomic E-state index is 0.477. The molecular weight excluding hydrogens is 364 g/mol. The van der Waals surface area contributed by atoms with Gasteiger partial charge < -0.3 is 24.4 Å². The van der Waals surface area contributed by atoms with Crippen LogP contribution in [0.3, 0.4) is 0 Å². The van der Waals surface area contributed by atoms with Crippen LogP contribution in [0.5, 0.6) is 17.2 Å². The van der Waals surface area contributed by atoms with E-state index >= 15 is 0 Å². The second-order valence-electron chi connectivity index (χ2n) is 8.12. The van der Waals surface area contributed by atoms with Gasteiger partial charge in [-0.15, -0.1) is 0 Å². The molecule has 2 aromatic rings. The highest BCUT2D eigenvalue weighted by atomic mass is 16.5. The van der Waals surface area contributed by atoms with Crippen LogP contribution >= 0.6 is 0 Å². The predicted octanol–water partition coefficient (Wildman–Crippen LogP) is 3.86. The van der Waals surface area contributed by atoms with E-state index in [2.05, 4.69) is 10.2 Å². The molecule has 0 amide bonds. The summed E-state index contributed by atoms with van der Waals surface area (Å²) >= 11 is 0. The zero-order valence-electron chi connectivity index (χ0n) is 17.5. The summed E-state index contributed by atoms with van der Waals surface area (Å²) in [5.41, 5.74) is 2.25. The lowest BCUT2D eigenvalue weighted by molar-refractivity contribution is 0.265. The Labute approximate surface area is 174 Å². The zero-order chi connectivity index (χ0) is 20.1. The van der Waals surface area contributed by atoms with Gasteiger partial charge in [-0.3, -0.25) is 0 Å². The number of hydrogen-bond donors (Lipinski definition) is 1. The number of nitrogens with zero attached hydrogens (tertiary/aromatic N) is 1. The summed E-state index contributed by atoms with van der Waals surface area (Å²) in [4.78, 5) is 2.66. The molecule has 5 heteroatoms. The molecule has 2 fully saturated rings. The summed E-state index contributed by atoms with van der Waals surface area (Å²) in [5.74, 6) is 2.82. The molecule has 0 aromatic heterocycles. The topological polar surface area (TPSA) is 43.0 Å². The van der Waals surface area contributed by atoms with Gasteiger partial charge in [0.2, 0.25) is 5.75 Å². The van der Waals surface area contributed by atoms with Crippen molar-refractivity contribution in [3.63, 3.8) is 0 Å². The molecule has 1 aliphatic carbocycles. The number of likely N-dealkylation sites (tertiary alicyclic amines) is 1. The quantitative estimate of drug-likeness (QED) is 0.661. The van der Waals surface area contributed by atoms with E-state index in [-0.39, 0.29) is 0 Å². The van der Waals surface area contributed by atoms with Crippen molar-refractivity contribution in [3.8, 4) is 17.2 Å². The Bertz CT molecular complexity index is 767. The first-order chi connectivity index (χ1) is 14.3. The van der Waals surface area contributed by atoms with Crippen molar-refractivity contribution >= 4 is 0 Å². The van der Waals surface area contributed by atoms with E-state index in [4.69, 9.17) is 14.2 Å². The molecule has 0 spiro atoms. The fourth-order valence-electron chi connectivity index (χ4n) is 4.13. The largest absolute Gasteiger partial charge is 0.493 e. The summed E-state index contributed by atoms with van der Waals surface area (Å²) in [6.07, 6.45) is 4.11. The van der Waals surface area contributed by atoms with Crippen molar-refractivity contribution in [2.24, 2.45) is 5.92 Å². The summed E-state index contributed by atoms with van der Waals surface area (Å²) in [7, 11) is 3.35. The average Bonchev–Trinajstić information content (AvgIpc) is 3.51. The van der Waals surface area contributed by atoms with Crippen molar-refractivity contribution in [1.29, 1.82) is 0 Å². The van der Waals surface area contributed by atoms with E-state index < -0.39 is 0 Å². The zero-order valence-corrected chi connectivity index (χ0v) is 17.5. The number of hydrogen-bond acceptors (Lipinski definition) is 5. The van der Waals surface area contributed by atoms with Crippen LogP contribution in [0.4, 0.5) is 0 Å². The Kier molecular flexibility index (Phi) is 6.57. The van der Waals surface area contributed by atoms with Crippen molar-refractivity contribution in [3.05, 3.63) is 53.6 Å². The molecule has 1 aliphatic heterocycles. The van der Waals surface area contributed by atoms with Gasteiger partial charge in [0, 0.05) is 19.1 Å². The number of methoxy groups -OCH3 is 2. The van der Waals surface area contributed by atoms with E-state index in [0.717, 1.165) is 36.2 Å². The van der Waals surface area contributed by atoms with Gasteiger partial charge in [0.1, 0.15) is 6.61 Å². The van der Waals surface area contributed by atoms with Crippen molar-refractivity contribution < 1.29 is 14.2 Å². The van der Waals surface area contributed by atoms with E-state index in [1.54, 1.807) is 14.2 Å². The molecule has 2 aliphatic rings. The fourth-order valence-corrected chi connectivity index (χ4v) is 4.13. The van der Waals surface area contributed by atoms with Crippen LogP contribution in [-0.4, -0.2) is 44.8 Å². The number of nitrogens with one attached hydrogen (secondary N) is 1. The van der Waals surface area contributed by atoms with Crippen molar-refractivity contribution in [2.45, 2.75) is 38.5 Å². The van der Waals surface area contributed by atoms with Gasteiger partial charge in [0.05, 0.1) is 14.2 Å². The minimum absolute atomic E-state index is 0.477. The van der Waals surface area contributed by atoms with Gasteiger partial charge >= 0.3 is 0 Å². The number of ether oxygens (including phenoxy) is 3. The molecule has 2 aromatic carbocycles. The van der Waals surface area contributed by atoms with Crippen LogP contribution in [0.15, 0.2) is 42.5 Å². The Balaban J connectivity index is 1.35. The highest BCUT2D eigenvalue weighted by Gasteiger charge is 2.34. The van der Waals surface area contributed by atoms with Crippen LogP contribution in [0.25, 0.3) is 0 Å². The summed E-state index contributed by atoms with van der Waals surface area (Å²) < 4.78 is 17.3. The first-order valence-corrected chi connectivity index (χ1v) is 10.6. The molecule has 0 bridgehead atoms. The van der Waals surface area contributed by atoms with Crippen LogP contribution in [-0.2, 0) is 13.2 Å². The predicted molar refractivity (Wildman–Crippen MR) is 115 cm³/mol. The Morgan fingerprint density at radius 2 is 1.69 bits per heavy atom. The first kappa shape index (κ1) is 20.0. The van der Waals surface area contributed by atoms with Gasteiger partial charge in [-0.2, -0.15) is 0 Å².